The number of nitrogens with one attached hydrogen (secondary N) is 1. The SMILES string of the molecule is COc1ccc([N+](=O)[O-])cc1NC(=O)N1CCN(Cc2csc(C)n2)CC1. The van der Waals surface area contributed by atoms with Gasteiger partial charge in [-0.25, -0.2) is 9.78 Å². The van der Waals surface area contributed by atoms with Gasteiger partial charge in [-0.05, 0) is 13.0 Å². The van der Waals surface area contributed by atoms with Crippen molar-refractivity contribution >= 4 is 28.7 Å². The molecule has 1 saturated heterocycles. The number of rotatable bonds is 5. The van der Waals surface area contributed by atoms with Gasteiger partial charge in [-0.1, -0.05) is 0 Å². The van der Waals surface area contributed by atoms with Crippen LogP contribution in [0.3, 0.4) is 0 Å². The van der Waals surface area contributed by atoms with Gasteiger partial charge in [0, 0.05) is 50.2 Å². The van der Waals surface area contributed by atoms with Gasteiger partial charge in [-0.15, -0.1) is 11.3 Å². The van der Waals surface area contributed by atoms with Crippen molar-refractivity contribution < 1.29 is 14.5 Å². The van der Waals surface area contributed by atoms with Gasteiger partial charge in [0.2, 0.25) is 0 Å². The van der Waals surface area contributed by atoms with Gasteiger partial charge in [-0.3, -0.25) is 15.0 Å². The molecule has 0 spiro atoms. The van der Waals surface area contributed by atoms with Crippen LogP contribution < -0.4 is 10.1 Å². The fourth-order valence-electron chi connectivity index (χ4n) is 2.92. The molecule has 0 bridgehead atoms. The number of amides is 2. The maximum Gasteiger partial charge on any atom is 0.322 e. The second-order valence-corrected chi connectivity index (χ2v) is 7.26. The highest BCUT2D eigenvalue weighted by atomic mass is 32.1. The molecule has 10 heteroatoms. The number of aromatic nitrogens is 1. The molecule has 1 N–H and O–H groups in total. The summed E-state index contributed by atoms with van der Waals surface area (Å²) in [6, 6.07) is 3.82. The van der Waals surface area contributed by atoms with E-state index in [9.17, 15) is 14.9 Å². The van der Waals surface area contributed by atoms with Crippen molar-refractivity contribution in [2.45, 2.75) is 13.5 Å². The van der Waals surface area contributed by atoms with E-state index in [1.807, 2.05) is 6.92 Å². The maximum absolute atomic E-state index is 12.5. The molecule has 1 aromatic heterocycles. The number of hydrogen-bond acceptors (Lipinski definition) is 7. The number of piperazine rings is 1. The summed E-state index contributed by atoms with van der Waals surface area (Å²) in [6.45, 7) is 5.40. The summed E-state index contributed by atoms with van der Waals surface area (Å²) in [6.07, 6.45) is 0. The molecule has 0 atom stereocenters. The number of anilines is 1. The second kappa shape index (κ2) is 8.31. The molecule has 2 aromatic rings. The average Bonchev–Trinajstić information content (AvgIpc) is 3.06. The predicted octanol–water partition coefficient (Wildman–Crippen LogP) is 2.72. The van der Waals surface area contributed by atoms with Crippen molar-refractivity contribution in [2.24, 2.45) is 0 Å². The van der Waals surface area contributed by atoms with E-state index in [2.05, 4.69) is 20.6 Å². The second-order valence-electron chi connectivity index (χ2n) is 6.19. The van der Waals surface area contributed by atoms with E-state index < -0.39 is 4.92 Å². The van der Waals surface area contributed by atoms with Gasteiger partial charge in [0.15, 0.2) is 0 Å². The Bertz CT molecular complexity index is 832. The van der Waals surface area contributed by atoms with Crippen molar-refractivity contribution in [1.29, 1.82) is 0 Å². The van der Waals surface area contributed by atoms with Crippen LogP contribution in [0.25, 0.3) is 0 Å². The normalized spacial score (nSPS) is 14.8. The van der Waals surface area contributed by atoms with E-state index in [1.165, 1.54) is 25.3 Å². The van der Waals surface area contributed by atoms with E-state index in [4.69, 9.17) is 4.74 Å². The van der Waals surface area contributed by atoms with E-state index in [0.717, 1.165) is 30.3 Å². The maximum atomic E-state index is 12.5. The summed E-state index contributed by atoms with van der Waals surface area (Å²) < 4.78 is 5.18. The first-order valence-electron chi connectivity index (χ1n) is 8.48. The van der Waals surface area contributed by atoms with Crippen LogP contribution in [0.15, 0.2) is 23.6 Å². The number of carbonyl (C=O) groups is 1. The summed E-state index contributed by atoms with van der Waals surface area (Å²) in [5.74, 6) is 0.381. The van der Waals surface area contributed by atoms with Crippen LogP contribution in [0.1, 0.15) is 10.7 Å². The van der Waals surface area contributed by atoms with Gasteiger partial charge in [0.05, 0.1) is 28.4 Å². The quantitative estimate of drug-likeness (QED) is 0.621. The van der Waals surface area contributed by atoms with Crippen molar-refractivity contribution in [3.05, 3.63) is 44.4 Å². The molecule has 1 aliphatic heterocycles. The lowest BCUT2D eigenvalue weighted by Crippen LogP contribution is -2.49. The number of benzene rings is 1. The Morgan fingerprint density at radius 3 is 2.70 bits per heavy atom. The molecule has 3 rings (SSSR count). The highest BCUT2D eigenvalue weighted by Gasteiger charge is 2.23. The molecule has 2 amide bonds. The fourth-order valence-corrected chi connectivity index (χ4v) is 3.52. The molecule has 27 heavy (non-hydrogen) atoms. The number of non-ortho nitro benzene ring substituents is 1. The number of aryl methyl sites for hydroxylation is 1. The molecular weight excluding hydrogens is 370 g/mol. The minimum Gasteiger partial charge on any atom is -0.495 e. The number of nitro groups is 1. The van der Waals surface area contributed by atoms with Gasteiger partial charge in [0.1, 0.15) is 5.75 Å². The molecule has 0 radical (unpaired) electrons. The van der Waals surface area contributed by atoms with Gasteiger partial charge in [0.25, 0.3) is 5.69 Å². The largest absolute Gasteiger partial charge is 0.495 e. The summed E-state index contributed by atoms with van der Waals surface area (Å²) in [7, 11) is 1.45. The Morgan fingerprint density at radius 2 is 2.11 bits per heavy atom. The van der Waals surface area contributed by atoms with Crippen molar-refractivity contribution in [2.75, 3.05) is 38.6 Å². The lowest BCUT2D eigenvalue weighted by molar-refractivity contribution is -0.384. The number of urea groups is 1. The van der Waals surface area contributed by atoms with E-state index >= 15 is 0 Å². The first kappa shape index (κ1) is 19.1. The van der Waals surface area contributed by atoms with E-state index in [0.29, 0.717) is 18.8 Å². The summed E-state index contributed by atoms with van der Waals surface area (Å²) >= 11 is 1.63. The topological polar surface area (TPSA) is 101 Å². The Morgan fingerprint density at radius 1 is 1.37 bits per heavy atom. The van der Waals surface area contributed by atoms with Crippen LogP contribution in [-0.2, 0) is 6.54 Å². The van der Waals surface area contributed by atoms with Crippen LogP contribution >= 0.6 is 11.3 Å². The smallest absolute Gasteiger partial charge is 0.322 e. The van der Waals surface area contributed by atoms with Crippen LogP contribution in [-0.4, -0.2) is 59.0 Å². The van der Waals surface area contributed by atoms with Crippen molar-refractivity contribution in [3.63, 3.8) is 0 Å². The number of nitrogens with zero attached hydrogens (tertiary/aromatic N) is 4. The fraction of sp³-hybridized carbons (Fsp3) is 0.412. The first-order chi connectivity index (χ1) is 13.0. The minimum atomic E-state index is -0.506. The molecule has 0 aliphatic carbocycles. The first-order valence-corrected chi connectivity index (χ1v) is 9.36. The van der Waals surface area contributed by atoms with Crippen molar-refractivity contribution in [3.8, 4) is 5.75 Å². The third-order valence-electron chi connectivity index (χ3n) is 4.35. The number of nitro benzene ring substituents is 1. The minimum absolute atomic E-state index is 0.102. The molecule has 1 aromatic carbocycles. The monoisotopic (exact) mass is 391 g/mol. The lowest BCUT2D eigenvalue weighted by atomic mass is 10.2. The molecular formula is C17H21N5O4S. The van der Waals surface area contributed by atoms with Crippen LogP contribution in [0.4, 0.5) is 16.2 Å². The van der Waals surface area contributed by atoms with Gasteiger partial charge < -0.3 is 15.0 Å². The third-order valence-corrected chi connectivity index (χ3v) is 5.17. The Kier molecular flexibility index (Phi) is 5.87. The molecule has 2 heterocycles. The molecule has 144 valence electrons. The van der Waals surface area contributed by atoms with E-state index in [-0.39, 0.29) is 17.4 Å². The molecule has 0 unspecified atom stereocenters. The standard InChI is InChI=1S/C17H21N5O4S/c1-12-18-13(11-27-12)10-20-5-7-21(8-6-20)17(23)19-15-9-14(22(24)25)3-4-16(15)26-2/h3-4,9,11H,5-8,10H2,1-2H3,(H,19,23). The highest BCUT2D eigenvalue weighted by Crippen LogP contribution is 2.29. The van der Waals surface area contributed by atoms with Crippen LogP contribution in [0.5, 0.6) is 5.75 Å². The third kappa shape index (κ3) is 4.72. The van der Waals surface area contributed by atoms with Gasteiger partial charge in [-0.2, -0.15) is 0 Å². The number of carbonyl (C=O) groups excluding carboxylic acids is 1. The predicted molar refractivity (Wildman–Crippen MR) is 102 cm³/mol. The van der Waals surface area contributed by atoms with Gasteiger partial charge >= 0.3 is 6.03 Å². The average molecular weight is 391 g/mol. The lowest BCUT2D eigenvalue weighted by Gasteiger charge is -2.34. The molecule has 9 nitrogen and oxygen atoms in total. The zero-order valence-corrected chi connectivity index (χ0v) is 16.0. The highest BCUT2D eigenvalue weighted by molar-refractivity contribution is 7.09. The van der Waals surface area contributed by atoms with Crippen LogP contribution in [0.2, 0.25) is 0 Å². The molecule has 0 saturated carbocycles. The zero-order chi connectivity index (χ0) is 19.4. The summed E-state index contributed by atoms with van der Waals surface area (Å²) in [5.41, 5.74) is 1.24. The molecule has 1 fully saturated rings. The Hall–Kier alpha value is -2.72. The summed E-state index contributed by atoms with van der Waals surface area (Å²) in [5, 5.41) is 16.8. The number of thiazole rings is 1. The van der Waals surface area contributed by atoms with E-state index in [1.54, 1.807) is 16.2 Å². The Balaban J connectivity index is 1.58. The van der Waals surface area contributed by atoms with Crippen molar-refractivity contribution in [1.82, 2.24) is 14.8 Å². The number of ether oxygens (including phenoxy) is 1. The number of hydrogen-bond donors (Lipinski definition) is 1. The summed E-state index contributed by atoms with van der Waals surface area (Å²) in [4.78, 5) is 31.4. The molecule has 1 aliphatic rings. The zero-order valence-electron chi connectivity index (χ0n) is 15.2. The number of methoxy groups -OCH3 is 1. The van der Waals surface area contributed by atoms with Crippen LogP contribution in [0, 0.1) is 17.0 Å². The Labute approximate surface area is 160 Å².